The maximum absolute atomic E-state index is 12.3. The van der Waals surface area contributed by atoms with Crippen LogP contribution in [0.15, 0.2) is 6.33 Å². The fourth-order valence-electron chi connectivity index (χ4n) is 2.47. The lowest BCUT2D eigenvalue weighted by Gasteiger charge is -2.35. The average molecular weight is 279 g/mol. The van der Waals surface area contributed by atoms with Crippen LogP contribution in [0.2, 0.25) is 0 Å². The molecule has 2 rings (SSSR count). The number of aliphatic hydroxyl groups excluding tert-OH is 1. The Balaban J connectivity index is 2.04. The van der Waals surface area contributed by atoms with E-state index in [0.29, 0.717) is 36.7 Å². The fraction of sp³-hybridized carbons (Fsp3) is 0.643. The van der Waals surface area contributed by atoms with E-state index in [0.717, 1.165) is 12.8 Å². The normalized spacial score (nSPS) is 17.8. The lowest BCUT2D eigenvalue weighted by Crippen LogP contribution is -2.44. The molecular weight excluding hydrogens is 258 g/mol. The molecule has 110 valence electrons. The number of aryl methyl sites for hydroxylation is 2. The van der Waals surface area contributed by atoms with Gasteiger partial charge in [-0.1, -0.05) is 0 Å². The van der Waals surface area contributed by atoms with Crippen molar-refractivity contribution in [1.29, 1.82) is 0 Å². The molecule has 1 aromatic heterocycles. The molecule has 1 amide bonds. The van der Waals surface area contributed by atoms with Gasteiger partial charge < -0.3 is 15.2 Å². The van der Waals surface area contributed by atoms with E-state index < -0.39 is 0 Å². The fourth-order valence-corrected chi connectivity index (χ4v) is 2.47. The Labute approximate surface area is 118 Å². The minimum Gasteiger partial charge on any atom is -0.396 e. The molecule has 0 radical (unpaired) electrons. The van der Waals surface area contributed by atoms with E-state index in [1.807, 2.05) is 0 Å². The van der Waals surface area contributed by atoms with Gasteiger partial charge in [-0.3, -0.25) is 4.79 Å². The summed E-state index contributed by atoms with van der Waals surface area (Å²) in [5.41, 5.74) is 1.58. The number of rotatable bonds is 4. The third kappa shape index (κ3) is 3.13. The van der Waals surface area contributed by atoms with Gasteiger partial charge >= 0.3 is 0 Å². The van der Waals surface area contributed by atoms with Crippen LogP contribution in [0.5, 0.6) is 0 Å². The van der Waals surface area contributed by atoms with Crippen LogP contribution in [0.4, 0.5) is 0 Å². The van der Waals surface area contributed by atoms with Crippen LogP contribution in [-0.4, -0.2) is 47.3 Å². The molecule has 6 heteroatoms. The number of nitrogens with one attached hydrogen (secondary N) is 1. The van der Waals surface area contributed by atoms with Crippen molar-refractivity contribution in [2.45, 2.75) is 26.7 Å². The summed E-state index contributed by atoms with van der Waals surface area (Å²) in [4.78, 5) is 20.4. The SMILES string of the molecule is Cc1ncnc(C)c1C(=O)NCC1(CO)CCOCC1. The molecule has 6 nitrogen and oxygen atoms in total. The number of hydrogen-bond acceptors (Lipinski definition) is 5. The summed E-state index contributed by atoms with van der Waals surface area (Å²) in [6.45, 7) is 5.34. The van der Waals surface area contributed by atoms with Crippen molar-refractivity contribution < 1.29 is 14.6 Å². The lowest BCUT2D eigenvalue weighted by molar-refractivity contribution is -0.0146. The Morgan fingerprint density at radius 2 is 1.95 bits per heavy atom. The van der Waals surface area contributed by atoms with Crippen molar-refractivity contribution in [1.82, 2.24) is 15.3 Å². The summed E-state index contributed by atoms with van der Waals surface area (Å²) < 4.78 is 5.31. The van der Waals surface area contributed by atoms with E-state index in [2.05, 4.69) is 15.3 Å². The minimum atomic E-state index is -0.272. The van der Waals surface area contributed by atoms with Crippen molar-refractivity contribution >= 4 is 5.91 Å². The van der Waals surface area contributed by atoms with E-state index in [1.54, 1.807) is 13.8 Å². The molecule has 0 bridgehead atoms. The van der Waals surface area contributed by atoms with Gasteiger partial charge in [0.25, 0.3) is 5.91 Å². The van der Waals surface area contributed by atoms with Crippen molar-refractivity contribution in [3.05, 3.63) is 23.3 Å². The van der Waals surface area contributed by atoms with Crippen LogP contribution in [-0.2, 0) is 4.74 Å². The molecule has 1 aliphatic rings. The Hall–Kier alpha value is -1.53. The van der Waals surface area contributed by atoms with Crippen molar-refractivity contribution in [2.75, 3.05) is 26.4 Å². The summed E-state index contributed by atoms with van der Waals surface area (Å²) in [5, 5.41) is 12.5. The number of amides is 1. The Morgan fingerprint density at radius 3 is 2.50 bits per heavy atom. The first-order valence-corrected chi connectivity index (χ1v) is 6.83. The third-order valence-electron chi connectivity index (χ3n) is 3.97. The van der Waals surface area contributed by atoms with Crippen molar-refractivity contribution in [3.63, 3.8) is 0 Å². The van der Waals surface area contributed by atoms with Gasteiger partial charge in [0.2, 0.25) is 0 Å². The first-order chi connectivity index (χ1) is 9.58. The zero-order valence-electron chi connectivity index (χ0n) is 12.0. The number of nitrogens with zero attached hydrogens (tertiary/aromatic N) is 2. The second kappa shape index (κ2) is 6.28. The smallest absolute Gasteiger partial charge is 0.254 e. The van der Waals surface area contributed by atoms with Gasteiger partial charge in [0.1, 0.15) is 6.33 Å². The highest BCUT2D eigenvalue weighted by molar-refractivity contribution is 5.96. The number of hydrogen-bond donors (Lipinski definition) is 2. The molecule has 1 saturated heterocycles. The predicted octanol–water partition coefficient (Wildman–Crippen LogP) is 0.612. The highest BCUT2D eigenvalue weighted by Gasteiger charge is 2.32. The van der Waals surface area contributed by atoms with E-state index in [4.69, 9.17) is 4.74 Å². The third-order valence-corrected chi connectivity index (χ3v) is 3.97. The van der Waals surface area contributed by atoms with Crippen LogP contribution in [0, 0.1) is 19.3 Å². The van der Waals surface area contributed by atoms with Crippen LogP contribution in [0.1, 0.15) is 34.6 Å². The van der Waals surface area contributed by atoms with Crippen molar-refractivity contribution in [3.8, 4) is 0 Å². The zero-order valence-corrected chi connectivity index (χ0v) is 12.0. The number of ether oxygens (including phenoxy) is 1. The second-order valence-corrected chi connectivity index (χ2v) is 5.37. The standard InChI is InChI=1S/C14H21N3O3/c1-10-12(11(2)17-9-16-10)13(19)15-7-14(8-18)3-5-20-6-4-14/h9,18H,3-8H2,1-2H3,(H,15,19). The van der Waals surface area contributed by atoms with Crippen LogP contribution in [0.3, 0.4) is 0 Å². The monoisotopic (exact) mass is 279 g/mol. The van der Waals surface area contributed by atoms with Gasteiger partial charge in [-0.25, -0.2) is 9.97 Å². The number of aromatic nitrogens is 2. The van der Waals surface area contributed by atoms with Gasteiger partial charge in [-0.2, -0.15) is 0 Å². The first-order valence-electron chi connectivity index (χ1n) is 6.83. The molecule has 0 spiro atoms. The van der Waals surface area contributed by atoms with E-state index >= 15 is 0 Å². The number of carbonyl (C=O) groups is 1. The molecule has 1 aromatic rings. The quantitative estimate of drug-likeness (QED) is 0.843. The molecule has 20 heavy (non-hydrogen) atoms. The molecule has 0 aromatic carbocycles. The van der Waals surface area contributed by atoms with Gasteiger partial charge in [0.05, 0.1) is 23.6 Å². The molecule has 0 saturated carbocycles. The maximum Gasteiger partial charge on any atom is 0.254 e. The molecule has 2 heterocycles. The highest BCUT2D eigenvalue weighted by Crippen LogP contribution is 2.29. The molecule has 0 aliphatic carbocycles. The summed E-state index contributed by atoms with van der Waals surface area (Å²) in [5.74, 6) is -0.181. The van der Waals surface area contributed by atoms with Crippen LogP contribution in [0.25, 0.3) is 0 Å². The van der Waals surface area contributed by atoms with Crippen molar-refractivity contribution in [2.24, 2.45) is 5.41 Å². The predicted molar refractivity (Wildman–Crippen MR) is 73.4 cm³/mol. The zero-order chi connectivity index (χ0) is 14.6. The largest absolute Gasteiger partial charge is 0.396 e. The molecule has 0 unspecified atom stereocenters. The Morgan fingerprint density at radius 1 is 1.35 bits per heavy atom. The summed E-state index contributed by atoms with van der Waals surface area (Å²) in [7, 11) is 0. The molecule has 1 aliphatic heterocycles. The summed E-state index contributed by atoms with van der Waals surface area (Å²) in [6.07, 6.45) is 2.97. The molecule has 2 N–H and O–H groups in total. The number of carbonyl (C=O) groups excluding carboxylic acids is 1. The molecule has 0 atom stereocenters. The van der Waals surface area contributed by atoms with E-state index in [-0.39, 0.29) is 17.9 Å². The summed E-state index contributed by atoms with van der Waals surface area (Å²) >= 11 is 0. The van der Waals surface area contributed by atoms with Gasteiger partial charge in [0.15, 0.2) is 0 Å². The molecular formula is C14H21N3O3. The second-order valence-electron chi connectivity index (χ2n) is 5.37. The number of aliphatic hydroxyl groups is 1. The van der Waals surface area contributed by atoms with Gasteiger partial charge in [-0.15, -0.1) is 0 Å². The summed E-state index contributed by atoms with van der Waals surface area (Å²) in [6, 6.07) is 0. The first kappa shape index (κ1) is 14.9. The Bertz CT molecular complexity index is 464. The lowest BCUT2D eigenvalue weighted by atomic mass is 9.81. The topological polar surface area (TPSA) is 84.3 Å². The van der Waals surface area contributed by atoms with Gasteiger partial charge in [0, 0.05) is 25.2 Å². The highest BCUT2D eigenvalue weighted by atomic mass is 16.5. The van der Waals surface area contributed by atoms with E-state index in [9.17, 15) is 9.90 Å². The Kier molecular flexibility index (Phi) is 4.67. The van der Waals surface area contributed by atoms with Crippen LogP contribution >= 0.6 is 0 Å². The minimum absolute atomic E-state index is 0.0555. The van der Waals surface area contributed by atoms with Crippen LogP contribution < -0.4 is 5.32 Å². The average Bonchev–Trinajstić information content (AvgIpc) is 2.46. The molecule has 1 fully saturated rings. The maximum atomic E-state index is 12.3. The van der Waals surface area contributed by atoms with Gasteiger partial charge in [-0.05, 0) is 26.7 Å². The van der Waals surface area contributed by atoms with E-state index in [1.165, 1.54) is 6.33 Å².